The van der Waals surface area contributed by atoms with Crippen molar-refractivity contribution in [1.82, 2.24) is 9.88 Å². The number of fused-ring (bicyclic) bond motifs is 4. The van der Waals surface area contributed by atoms with Crippen molar-refractivity contribution in [3.63, 3.8) is 0 Å². The van der Waals surface area contributed by atoms with Gasteiger partial charge in [0.25, 0.3) is 0 Å². The summed E-state index contributed by atoms with van der Waals surface area (Å²) in [4.78, 5) is 6.87. The van der Waals surface area contributed by atoms with Crippen LogP contribution in [0.3, 0.4) is 0 Å². The largest absolute Gasteiger partial charge is 0.497 e. The summed E-state index contributed by atoms with van der Waals surface area (Å²) in [6.45, 7) is 4.20. The fraction of sp³-hybridized carbons (Fsp3) is 0.450. The molecule has 0 amide bonds. The molecule has 3 aliphatic heterocycles. The quantitative estimate of drug-likeness (QED) is 0.880. The van der Waals surface area contributed by atoms with Crippen molar-refractivity contribution in [1.29, 1.82) is 0 Å². The number of ether oxygens (including phenoxy) is 1. The minimum Gasteiger partial charge on any atom is -0.497 e. The maximum atomic E-state index is 11.2. The number of pyridine rings is 1. The van der Waals surface area contributed by atoms with Crippen LogP contribution in [0.4, 0.5) is 0 Å². The normalized spacial score (nSPS) is 29.1. The molecular formula is C20H24N2O2. The van der Waals surface area contributed by atoms with Gasteiger partial charge in [-0.2, -0.15) is 0 Å². The van der Waals surface area contributed by atoms with Gasteiger partial charge in [-0.05, 0) is 62.1 Å². The highest BCUT2D eigenvalue weighted by atomic mass is 16.5. The molecule has 0 aliphatic carbocycles. The molecule has 126 valence electrons. The van der Waals surface area contributed by atoms with Crippen LogP contribution in [-0.4, -0.2) is 41.2 Å². The molecule has 0 radical (unpaired) electrons. The molecular weight excluding hydrogens is 300 g/mol. The number of hydrogen-bond acceptors (Lipinski definition) is 4. The molecule has 2 aromatic rings. The second-order valence-corrected chi connectivity index (χ2v) is 6.85. The molecule has 4 nitrogen and oxygen atoms in total. The molecule has 3 aliphatic rings. The van der Waals surface area contributed by atoms with Crippen molar-refractivity contribution in [3.05, 3.63) is 47.7 Å². The molecule has 3 saturated heterocycles. The van der Waals surface area contributed by atoms with E-state index < -0.39 is 6.10 Å². The summed E-state index contributed by atoms with van der Waals surface area (Å²) in [6.07, 6.45) is 5.80. The molecule has 1 aromatic heterocycles. The van der Waals surface area contributed by atoms with E-state index in [1.807, 2.05) is 24.3 Å². The fourth-order valence-corrected chi connectivity index (χ4v) is 4.34. The van der Waals surface area contributed by atoms with Gasteiger partial charge in [-0.25, -0.2) is 0 Å². The first-order valence-corrected chi connectivity index (χ1v) is 8.71. The Balaban J connectivity index is 1.70. The third-order valence-electron chi connectivity index (χ3n) is 5.71. The first kappa shape index (κ1) is 15.6. The highest BCUT2D eigenvalue weighted by Crippen LogP contribution is 2.41. The van der Waals surface area contributed by atoms with E-state index in [0.29, 0.717) is 5.92 Å². The fourth-order valence-electron chi connectivity index (χ4n) is 4.34. The molecule has 4 heterocycles. The van der Waals surface area contributed by atoms with Crippen molar-refractivity contribution in [2.24, 2.45) is 5.92 Å². The third-order valence-corrected chi connectivity index (χ3v) is 5.71. The number of aromatic nitrogens is 1. The van der Waals surface area contributed by atoms with E-state index in [1.54, 1.807) is 13.3 Å². The van der Waals surface area contributed by atoms with Gasteiger partial charge < -0.3 is 9.84 Å². The van der Waals surface area contributed by atoms with Gasteiger partial charge in [0, 0.05) is 24.2 Å². The third kappa shape index (κ3) is 2.50. The number of rotatable bonds is 3. The molecule has 0 spiro atoms. The van der Waals surface area contributed by atoms with Gasteiger partial charge in [-0.15, -0.1) is 0 Å². The Labute approximate surface area is 142 Å². The molecule has 0 saturated carbocycles. The number of aliphatic hydroxyl groups is 1. The molecule has 2 unspecified atom stereocenters. The average molecular weight is 324 g/mol. The van der Waals surface area contributed by atoms with Gasteiger partial charge >= 0.3 is 0 Å². The summed E-state index contributed by atoms with van der Waals surface area (Å²) in [5, 5.41) is 12.1. The molecule has 1 aromatic carbocycles. The standard InChI is InChI=1S/C20H24N2O2/c1-3-13-12-22-9-7-14(13)10-19(22)20(23)16-6-8-21-18-5-4-15(24-2)11-17(16)18/h3-6,8,11,14,19-20,23H,7,9-10,12H2,1-2H3/b13-3+/t14-,19?,20+/m0/s1. The number of methoxy groups -OCH3 is 1. The van der Waals surface area contributed by atoms with E-state index >= 15 is 0 Å². The highest BCUT2D eigenvalue weighted by molar-refractivity contribution is 5.83. The molecule has 4 atom stereocenters. The monoisotopic (exact) mass is 324 g/mol. The summed E-state index contributed by atoms with van der Waals surface area (Å²) >= 11 is 0. The van der Waals surface area contributed by atoms with Crippen LogP contribution >= 0.6 is 0 Å². The number of nitrogens with zero attached hydrogens (tertiary/aromatic N) is 2. The number of hydrogen-bond donors (Lipinski definition) is 1. The van der Waals surface area contributed by atoms with Crippen LogP contribution in [0.5, 0.6) is 5.75 Å². The lowest BCUT2D eigenvalue weighted by atomic mass is 9.76. The van der Waals surface area contributed by atoms with E-state index in [-0.39, 0.29) is 6.04 Å². The van der Waals surface area contributed by atoms with Gasteiger partial charge in [-0.3, -0.25) is 9.88 Å². The molecule has 4 heteroatoms. The maximum Gasteiger partial charge on any atom is 0.119 e. The zero-order valence-corrected chi connectivity index (χ0v) is 14.3. The summed E-state index contributed by atoms with van der Waals surface area (Å²) in [6, 6.07) is 7.98. The molecule has 3 fully saturated rings. The highest BCUT2D eigenvalue weighted by Gasteiger charge is 2.40. The Kier molecular flexibility index (Phi) is 4.02. The van der Waals surface area contributed by atoms with Crippen LogP contribution in [0.15, 0.2) is 42.1 Å². The van der Waals surface area contributed by atoms with E-state index in [1.165, 1.54) is 12.0 Å². The van der Waals surface area contributed by atoms with Crippen LogP contribution in [0.25, 0.3) is 10.9 Å². The van der Waals surface area contributed by atoms with Crippen molar-refractivity contribution >= 4 is 10.9 Å². The lowest BCUT2D eigenvalue weighted by Crippen LogP contribution is -2.52. The Morgan fingerprint density at radius 2 is 2.25 bits per heavy atom. The van der Waals surface area contributed by atoms with Crippen LogP contribution in [0, 0.1) is 5.92 Å². The number of aliphatic hydroxyl groups excluding tert-OH is 1. The molecule has 1 N–H and O–H groups in total. The first-order chi connectivity index (χ1) is 11.7. The molecule has 24 heavy (non-hydrogen) atoms. The summed E-state index contributed by atoms with van der Waals surface area (Å²) in [5.74, 6) is 1.42. The molecule has 5 rings (SSSR count). The van der Waals surface area contributed by atoms with Gasteiger partial charge in [0.15, 0.2) is 0 Å². The van der Waals surface area contributed by atoms with Crippen molar-refractivity contribution in [2.45, 2.75) is 31.9 Å². The number of benzene rings is 1. The van der Waals surface area contributed by atoms with Crippen molar-refractivity contribution < 1.29 is 9.84 Å². The Hall–Kier alpha value is -1.91. The average Bonchev–Trinajstić information content (AvgIpc) is 2.66. The predicted molar refractivity (Wildman–Crippen MR) is 95.1 cm³/mol. The number of piperidine rings is 3. The van der Waals surface area contributed by atoms with Gasteiger partial charge in [-0.1, -0.05) is 11.6 Å². The van der Waals surface area contributed by atoms with Crippen LogP contribution < -0.4 is 4.74 Å². The van der Waals surface area contributed by atoms with E-state index in [9.17, 15) is 5.11 Å². The van der Waals surface area contributed by atoms with Crippen LogP contribution in [-0.2, 0) is 0 Å². The van der Waals surface area contributed by atoms with Gasteiger partial charge in [0.05, 0.1) is 18.7 Å². The number of allylic oxidation sites excluding steroid dienone is 1. The van der Waals surface area contributed by atoms with Crippen LogP contribution in [0.1, 0.15) is 31.4 Å². The first-order valence-electron chi connectivity index (χ1n) is 8.71. The van der Waals surface area contributed by atoms with Gasteiger partial charge in [0.1, 0.15) is 5.75 Å². The van der Waals surface area contributed by atoms with Gasteiger partial charge in [0.2, 0.25) is 0 Å². The van der Waals surface area contributed by atoms with E-state index in [2.05, 4.69) is 22.9 Å². The zero-order chi connectivity index (χ0) is 16.7. The maximum absolute atomic E-state index is 11.2. The second kappa shape index (κ2) is 6.19. The Morgan fingerprint density at radius 3 is 2.96 bits per heavy atom. The van der Waals surface area contributed by atoms with Crippen molar-refractivity contribution in [3.8, 4) is 5.75 Å². The van der Waals surface area contributed by atoms with Crippen molar-refractivity contribution in [2.75, 3.05) is 20.2 Å². The van der Waals surface area contributed by atoms with E-state index in [4.69, 9.17) is 4.74 Å². The minimum atomic E-state index is -0.496. The van der Waals surface area contributed by atoms with Crippen LogP contribution in [0.2, 0.25) is 0 Å². The Morgan fingerprint density at radius 1 is 1.38 bits per heavy atom. The lowest BCUT2D eigenvalue weighted by Gasteiger charge is -2.48. The predicted octanol–water partition coefficient (Wildman–Crippen LogP) is 3.32. The minimum absolute atomic E-state index is 0.184. The molecule has 2 bridgehead atoms. The summed E-state index contributed by atoms with van der Waals surface area (Å²) in [7, 11) is 1.66. The SMILES string of the molecule is C/C=C1\CN2CC[C@H]1CC2[C@H](O)c1ccnc2ccc(OC)cc12. The Bertz CT molecular complexity index is 786. The van der Waals surface area contributed by atoms with E-state index in [0.717, 1.165) is 41.7 Å². The zero-order valence-electron chi connectivity index (χ0n) is 14.3. The summed E-state index contributed by atoms with van der Waals surface area (Å²) in [5.41, 5.74) is 3.39. The second-order valence-electron chi connectivity index (χ2n) is 6.85. The topological polar surface area (TPSA) is 45.6 Å². The smallest absolute Gasteiger partial charge is 0.119 e. The summed E-state index contributed by atoms with van der Waals surface area (Å²) < 4.78 is 5.35. The lowest BCUT2D eigenvalue weighted by molar-refractivity contribution is -0.00340.